The Bertz CT molecular complexity index is 401. The molecule has 0 bridgehead atoms. The van der Waals surface area contributed by atoms with E-state index in [0.717, 1.165) is 25.3 Å². The van der Waals surface area contributed by atoms with Gasteiger partial charge >= 0.3 is 5.97 Å². The highest BCUT2D eigenvalue weighted by atomic mass is 16.5. The number of ether oxygens (including phenoxy) is 1. The lowest BCUT2D eigenvalue weighted by Crippen LogP contribution is -2.33. The summed E-state index contributed by atoms with van der Waals surface area (Å²) in [5.41, 5.74) is 1.56. The molecule has 0 amide bonds. The zero-order chi connectivity index (χ0) is 12.8. The van der Waals surface area contributed by atoms with Gasteiger partial charge in [-0.15, -0.1) is 0 Å². The third kappa shape index (κ3) is 3.47. The molecular formula is C14H20N2O2. The zero-order valence-corrected chi connectivity index (χ0v) is 10.7. The molecule has 4 nitrogen and oxygen atoms in total. The van der Waals surface area contributed by atoms with E-state index < -0.39 is 0 Å². The number of rotatable bonds is 4. The van der Waals surface area contributed by atoms with Crippen LogP contribution in [0.2, 0.25) is 0 Å². The third-order valence-corrected chi connectivity index (χ3v) is 3.28. The van der Waals surface area contributed by atoms with Gasteiger partial charge in [-0.1, -0.05) is 6.07 Å². The van der Waals surface area contributed by atoms with E-state index in [-0.39, 0.29) is 5.97 Å². The number of carbonyl (C=O) groups excluding carboxylic acids is 1. The Morgan fingerprint density at radius 2 is 2.44 bits per heavy atom. The quantitative estimate of drug-likeness (QED) is 0.799. The molecule has 1 heterocycles. The number of methoxy groups -OCH3 is 1. The van der Waals surface area contributed by atoms with E-state index in [1.807, 2.05) is 18.2 Å². The van der Waals surface area contributed by atoms with Crippen molar-refractivity contribution in [3.63, 3.8) is 0 Å². The summed E-state index contributed by atoms with van der Waals surface area (Å²) in [6, 6.07) is 7.44. The topological polar surface area (TPSA) is 50.4 Å². The van der Waals surface area contributed by atoms with Crippen LogP contribution in [-0.2, 0) is 4.74 Å². The van der Waals surface area contributed by atoms with Crippen molar-refractivity contribution in [1.82, 2.24) is 5.32 Å². The minimum absolute atomic E-state index is 0.294. The summed E-state index contributed by atoms with van der Waals surface area (Å²) in [6.07, 6.45) is 2.51. The summed E-state index contributed by atoms with van der Waals surface area (Å²) in [7, 11) is 1.40. The first kappa shape index (κ1) is 12.9. The number of benzene rings is 1. The van der Waals surface area contributed by atoms with Gasteiger partial charge in [-0.25, -0.2) is 4.79 Å². The highest BCUT2D eigenvalue weighted by molar-refractivity contribution is 5.90. The normalized spacial score (nSPS) is 19.3. The van der Waals surface area contributed by atoms with Crippen LogP contribution in [0.3, 0.4) is 0 Å². The highest BCUT2D eigenvalue weighted by Crippen LogP contribution is 2.14. The second kappa shape index (κ2) is 6.40. The van der Waals surface area contributed by atoms with Gasteiger partial charge in [0.15, 0.2) is 0 Å². The minimum atomic E-state index is -0.294. The fraction of sp³-hybridized carbons (Fsp3) is 0.500. The molecule has 1 aromatic carbocycles. The molecule has 1 aliphatic heterocycles. The van der Waals surface area contributed by atoms with Gasteiger partial charge in [-0.3, -0.25) is 0 Å². The van der Waals surface area contributed by atoms with E-state index in [1.54, 1.807) is 6.07 Å². The van der Waals surface area contributed by atoms with Crippen molar-refractivity contribution in [1.29, 1.82) is 0 Å². The van der Waals surface area contributed by atoms with Crippen LogP contribution in [0.1, 0.15) is 23.2 Å². The molecule has 0 saturated carbocycles. The van der Waals surface area contributed by atoms with Crippen molar-refractivity contribution in [2.45, 2.75) is 12.8 Å². The first-order chi connectivity index (χ1) is 8.79. The van der Waals surface area contributed by atoms with Crippen LogP contribution >= 0.6 is 0 Å². The molecule has 1 aromatic rings. The van der Waals surface area contributed by atoms with Crippen LogP contribution in [0.25, 0.3) is 0 Å². The molecule has 0 aliphatic carbocycles. The molecule has 4 heteroatoms. The number of hydrogen-bond donors (Lipinski definition) is 2. The average molecular weight is 248 g/mol. The molecule has 1 aliphatic rings. The van der Waals surface area contributed by atoms with Crippen LogP contribution < -0.4 is 10.6 Å². The maximum Gasteiger partial charge on any atom is 0.337 e. The Labute approximate surface area is 108 Å². The van der Waals surface area contributed by atoms with Crippen LogP contribution in [0.15, 0.2) is 24.3 Å². The van der Waals surface area contributed by atoms with Gasteiger partial charge in [0.1, 0.15) is 0 Å². The van der Waals surface area contributed by atoms with E-state index in [1.165, 1.54) is 20.0 Å². The van der Waals surface area contributed by atoms with E-state index in [2.05, 4.69) is 10.6 Å². The molecule has 98 valence electrons. The van der Waals surface area contributed by atoms with Crippen molar-refractivity contribution in [3.8, 4) is 0 Å². The maximum absolute atomic E-state index is 11.4. The van der Waals surface area contributed by atoms with E-state index in [0.29, 0.717) is 11.5 Å². The standard InChI is InChI=1S/C14H20N2O2/c1-18-14(17)12-5-2-6-13(8-12)16-10-11-4-3-7-15-9-11/h2,5-6,8,11,15-16H,3-4,7,9-10H2,1H3. The lowest BCUT2D eigenvalue weighted by atomic mass is 9.99. The Balaban J connectivity index is 1.90. The van der Waals surface area contributed by atoms with E-state index in [4.69, 9.17) is 4.74 Å². The fourth-order valence-corrected chi connectivity index (χ4v) is 2.23. The Morgan fingerprint density at radius 1 is 1.56 bits per heavy atom. The molecule has 0 radical (unpaired) electrons. The van der Waals surface area contributed by atoms with Gasteiger partial charge in [-0.2, -0.15) is 0 Å². The first-order valence-electron chi connectivity index (χ1n) is 6.42. The van der Waals surface area contributed by atoms with Crippen molar-refractivity contribution < 1.29 is 9.53 Å². The van der Waals surface area contributed by atoms with Crippen LogP contribution in [0, 0.1) is 5.92 Å². The van der Waals surface area contributed by atoms with Crippen LogP contribution in [-0.4, -0.2) is 32.7 Å². The summed E-state index contributed by atoms with van der Waals surface area (Å²) in [5.74, 6) is 0.374. The fourth-order valence-electron chi connectivity index (χ4n) is 2.23. The molecule has 2 N–H and O–H groups in total. The molecule has 2 rings (SSSR count). The van der Waals surface area contributed by atoms with Crippen molar-refractivity contribution >= 4 is 11.7 Å². The summed E-state index contributed by atoms with van der Waals surface area (Å²) < 4.78 is 4.71. The molecule has 0 aromatic heterocycles. The van der Waals surface area contributed by atoms with Gasteiger partial charge in [-0.05, 0) is 50.0 Å². The van der Waals surface area contributed by atoms with E-state index in [9.17, 15) is 4.79 Å². The zero-order valence-electron chi connectivity index (χ0n) is 10.7. The van der Waals surface area contributed by atoms with Gasteiger partial charge in [0.25, 0.3) is 0 Å². The highest BCUT2D eigenvalue weighted by Gasteiger charge is 2.12. The van der Waals surface area contributed by atoms with Gasteiger partial charge in [0.2, 0.25) is 0 Å². The smallest absolute Gasteiger partial charge is 0.337 e. The number of hydrogen-bond acceptors (Lipinski definition) is 4. The van der Waals surface area contributed by atoms with E-state index >= 15 is 0 Å². The second-order valence-corrected chi connectivity index (χ2v) is 4.67. The Kier molecular flexibility index (Phi) is 4.59. The monoisotopic (exact) mass is 248 g/mol. The SMILES string of the molecule is COC(=O)c1cccc(NCC2CCCNC2)c1. The van der Waals surface area contributed by atoms with Crippen LogP contribution in [0.4, 0.5) is 5.69 Å². The summed E-state index contributed by atoms with van der Waals surface area (Å²) in [6.45, 7) is 3.15. The number of nitrogens with one attached hydrogen (secondary N) is 2. The van der Waals surface area contributed by atoms with Crippen LogP contribution in [0.5, 0.6) is 0 Å². The predicted molar refractivity (Wildman–Crippen MR) is 71.9 cm³/mol. The Morgan fingerprint density at radius 3 is 3.17 bits per heavy atom. The number of esters is 1. The average Bonchev–Trinajstić information content (AvgIpc) is 2.45. The number of anilines is 1. The third-order valence-electron chi connectivity index (χ3n) is 3.28. The molecule has 18 heavy (non-hydrogen) atoms. The molecule has 1 atom stereocenters. The van der Waals surface area contributed by atoms with Gasteiger partial charge in [0.05, 0.1) is 12.7 Å². The molecule has 0 spiro atoms. The molecule has 1 fully saturated rings. The lowest BCUT2D eigenvalue weighted by Gasteiger charge is -2.23. The summed E-state index contributed by atoms with van der Waals surface area (Å²) >= 11 is 0. The van der Waals surface area contributed by atoms with Gasteiger partial charge < -0.3 is 15.4 Å². The largest absolute Gasteiger partial charge is 0.465 e. The molecule has 1 saturated heterocycles. The first-order valence-corrected chi connectivity index (χ1v) is 6.42. The molecular weight excluding hydrogens is 228 g/mol. The second-order valence-electron chi connectivity index (χ2n) is 4.67. The molecule has 1 unspecified atom stereocenters. The number of carbonyl (C=O) groups is 1. The van der Waals surface area contributed by atoms with Crippen molar-refractivity contribution in [3.05, 3.63) is 29.8 Å². The number of piperidine rings is 1. The predicted octanol–water partition coefficient (Wildman–Crippen LogP) is 1.88. The maximum atomic E-state index is 11.4. The summed E-state index contributed by atoms with van der Waals surface area (Å²) in [5, 5.41) is 6.78. The van der Waals surface area contributed by atoms with Gasteiger partial charge in [0, 0.05) is 12.2 Å². The van der Waals surface area contributed by atoms with Crippen molar-refractivity contribution in [2.75, 3.05) is 32.1 Å². The minimum Gasteiger partial charge on any atom is -0.465 e. The Hall–Kier alpha value is -1.55. The van der Waals surface area contributed by atoms with Crippen molar-refractivity contribution in [2.24, 2.45) is 5.92 Å². The lowest BCUT2D eigenvalue weighted by molar-refractivity contribution is 0.0601. The summed E-state index contributed by atoms with van der Waals surface area (Å²) in [4.78, 5) is 11.4.